The van der Waals surface area contributed by atoms with Crippen LogP contribution < -0.4 is 0 Å². The van der Waals surface area contributed by atoms with Crippen LogP contribution in [0.1, 0.15) is 68.7 Å². The predicted octanol–water partition coefficient (Wildman–Crippen LogP) is 7.89. The van der Waals surface area contributed by atoms with Crippen LogP contribution in [-0.2, 0) is 0 Å². The maximum Gasteiger partial charge on any atom is 0.0527 e. The topological polar surface area (TPSA) is 36.2 Å². The van der Waals surface area contributed by atoms with Gasteiger partial charge in [0.25, 0.3) is 0 Å². The zero-order valence-electron chi connectivity index (χ0n) is 18.3. The largest absolute Gasteiger partial charge is 0.305 e. The minimum atomic E-state index is 0.596. The summed E-state index contributed by atoms with van der Waals surface area (Å²) in [5.41, 5.74) is 6.36. The van der Waals surface area contributed by atoms with E-state index in [1.54, 1.807) is 11.3 Å². The van der Waals surface area contributed by atoms with Crippen LogP contribution in [0.15, 0.2) is 59.2 Å². The smallest absolute Gasteiger partial charge is 0.0527 e. The highest BCUT2D eigenvalue weighted by Gasteiger charge is 2.16. The number of hydrogen-bond acceptors (Lipinski definition) is 3. The normalized spacial score (nSPS) is 16.6. The van der Waals surface area contributed by atoms with Crippen LogP contribution in [0.2, 0.25) is 0 Å². The van der Waals surface area contributed by atoms with Crippen molar-refractivity contribution in [1.82, 2.24) is 0 Å². The van der Waals surface area contributed by atoms with Crippen LogP contribution in [0, 0.1) is 11.3 Å². The van der Waals surface area contributed by atoms with E-state index < -0.39 is 0 Å². The van der Waals surface area contributed by atoms with E-state index in [4.69, 9.17) is 10.4 Å². The molecule has 1 N–H and O–H groups in total. The van der Waals surface area contributed by atoms with Gasteiger partial charge in [-0.1, -0.05) is 43.9 Å². The second kappa shape index (κ2) is 11.1. The Kier molecular flexibility index (Phi) is 8.78. The molecule has 1 saturated carbocycles. The van der Waals surface area contributed by atoms with Crippen molar-refractivity contribution < 1.29 is 0 Å². The summed E-state index contributed by atoms with van der Waals surface area (Å²) in [7, 11) is 0. The fourth-order valence-corrected chi connectivity index (χ4v) is 4.36. The number of nitrogens with one attached hydrogen (secondary N) is 1. The summed E-state index contributed by atoms with van der Waals surface area (Å²) >= 11 is 1.78. The summed E-state index contributed by atoms with van der Waals surface area (Å²) in [5, 5.41) is 7.80. The lowest BCUT2D eigenvalue weighted by molar-refractivity contribution is 0.326. The number of hydrogen-bond donors (Lipinski definition) is 1. The predicted molar refractivity (Wildman–Crippen MR) is 133 cm³/mol. The number of allylic oxidation sites excluding steroid dienone is 7. The van der Waals surface area contributed by atoms with E-state index in [0.29, 0.717) is 5.71 Å². The van der Waals surface area contributed by atoms with E-state index in [9.17, 15) is 0 Å². The Morgan fingerprint density at radius 3 is 2.52 bits per heavy atom. The van der Waals surface area contributed by atoms with Gasteiger partial charge < -0.3 is 5.41 Å². The van der Waals surface area contributed by atoms with Gasteiger partial charge in [-0.25, -0.2) is 0 Å². The molecule has 0 saturated heterocycles. The van der Waals surface area contributed by atoms with Gasteiger partial charge in [0.15, 0.2) is 0 Å². The summed E-state index contributed by atoms with van der Waals surface area (Å²) in [6, 6.07) is 2.22. The maximum absolute atomic E-state index is 7.80. The third-order valence-electron chi connectivity index (χ3n) is 5.63. The molecule has 154 valence electrons. The summed E-state index contributed by atoms with van der Waals surface area (Å²) in [4.78, 5) is 7.13. The highest BCUT2D eigenvalue weighted by atomic mass is 32.1. The monoisotopic (exact) mass is 406 g/mol. The molecule has 2 nitrogen and oxygen atoms in total. The Labute approximate surface area is 180 Å². The number of aliphatic imine (C=N–C) groups is 1. The van der Waals surface area contributed by atoms with Crippen LogP contribution >= 0.6 is 11.3 Å². The van der Waals surface area contributed by atoms with Gasteiger partial charge in [0.1, 0.15) is 0 Å². The average molecular weight is 407 g/mol. The third-order valence-corrected chi connectivity index (χ3v) is 6.79. The van der Waals surface area contributed by atoms with Crippen molar-refractivity contribution in [2.24, 2.45) is 10.9 Å². The first-order valence-corrected chi connectivity index (χ1v) is 11.2. The first-order chi connectivity index (χ1) is 13.9. The van der Waals surface area contributed by atoms with E-state index in [1.165, 1.54) is 40.2 Å². The average Bonchev–Trinajstić information content (AvgIpc) is 3.07. The molecule has 0 radical (unpaired) electrons. The maximum atomic E-state index is 7.80. The number of nitrogens with zero attached hydrogens (tertiary/aromatic N) is 1. The minimum absolute atomic E-state index is 0.596. The first-order valence-electron chi connectivity index (χ1n) is 10.4. The van der Waals surface area contributed by atoms with Crippen LogP contribution in [0.3, 0.4) is 0 Å². The van der Waals surface area contributed by atoms with E-state index >= 15 is 0 Å². The summed E-state index contributed by atoms with van der Waals surface area (Å²) in [6.45, 7) is 16.9. The quantitative estimate of drug-likeness (QED) is 0.303. The fourth-order valence-electron chi connectivity index (χ4n) is 3.23. The highest BCUT2D eigenvalue weighted by Crippen LogP contribution is 2.33. The van der Waals surface area contributed by atoms with Crippen LogP contribution in [-0.4, -0.2) is 18.5 Å². The minimum Gasteiger partial charge on any atom is -0.305 e. The van der Waals surface area contributed by atoms with Gasteiger partial charge in [0.2, 0.25) is 0 Å². The number of rotatable bonds is 10. The van der Waals surface area contributed by atoms with Crippen LogP contribution in [0.25, 0.3) is 11.6 Å². The Balaban J connectivity index is 2.24. The van der Waals surface area contributed by atoms with Crippen molar-refractivity contribution >= 4 is 34.9 Å². The van der Waals surface area contributed by atoms with Gasteiger partial charge in [0.05, 0.1) is 4.88 Å². The second-order valence-electron chi connectivity index (χ2n) is 7.78. The molecule has 0 unspecified atom stereocenters. The van der Waals surface area contributed by atoms with E-state index in [0.717, 1.165) is 35.6 Å². The molecule has 0 amide bonds. The standard InChI is InChI=1S/C26H34N2S/c1-7-22(19(5)13-18(4)20(6)27)14-23(8-2)25-15-24(9-3)26(29-25)17-28-16-21-11-10-12-21/h7-9,13,15,17,21,27H,1,3,10-12,14,16H2,2,4-6H3/b18-13-,22-19-,23-8+,27-20?,28-17?. The van der Waals surface area contributed by atoms with Gasteiger partial charge in [-0.15, -0.1) is 11.3 Å². The molecule has 1 heterocycles. The van der Waals surface area contributed by atoms with Crippen molar-refractivity contribution in [1.29, 1.82) is 5.41 Å². The molecule has 0 aromatic carbocycles. The molecule has 1 aromatic heterocycles. The van der Waals surface area contributed by atoms with Crippen molar-refractivity contribution in [2.75, 3.05) is 6.54 Å². The van der Waals surface area contributed by atoms with Crippen molar-refractivity contribution in [3.8, 4) is 0 Å². The Hall–Kier alpha value is -2.26. The lowest BCUT2D eigenvalue weighted by Gasteiger charge is -2.22. The Morgan fingerprint density at radius 2 is 2.00 bits per heavy atom. The van der Waals surface area contributed by atoms with Crippen molar-refractivity contribution in [2.45, 2.75) is 53.4 Å². The van der Waals surface area contributed by atoms with Gasteiger partial charge in [-0.05, 0) is 86.8 Å². The molecule has 2 rings (SSSR count). The lowest BCUT2D eigenvalue weighted by atomic mass is 9.86. The lowest BCUT2D eigenvalue weighted by Crippen LogP contribution is -2.13. The fraction of sp³-hybridized carbons (Fsp3) is 0.385. The molecule has 1 aliphatic carbocycles. The van der Waals surface area contributed by atoms with E-state index in [1.807, 2.05) is 32.2 Å². The third kappa shape index (κ3) is 6.37. The molecule has 1 aliphatic rings. The molecule has 0 spiro atoms. The van der Waals surface area contributed by atoms with Crippen LogP contribution in [0.4, 0.5) is 0 Å². The summed E-state index contributed by atoms with van der Waals surface area (Å²) in [6.07, 6.45) is 15.0. The summed E-state index contributed by atoms with van der Waals surface area (Å²) in [5.74, 6) is 0.785. The summed E-state index contributed by atoms with van der Waals surface area (Å²) < 4.78 is 0. The van der Waals surface area contributed by atoms with E-state index in [2.05, 4.69) is 45.2 Å². The molecular formula is C26H34N2S. The molecule has 1 aromatic rings. The highest BCUT2D eigenvalue weighted by molar-refractivity contribution is 7.15. The molecular weight excluding hydrogens is 372 g/mol. The van der Waals surface area contributed by atoms with Gasteiger partial charge in [0, 0.05) is 23.3 Å². The second-order valence-corrected chi connectivity index (χ2v) is 8.86. The first kappa shape index (κ1) is 23.0. The van der Waals surface area contributed by atoms with Crippen molar-refractivity contribution in [3.05, 3.63) is 69.5 Å². The van der Waals surface area contributed by atoms with E-state index in [-0.39, 0.29) is 0 Å². The zero-order valence-corrected chi connectivity index (χ0v) is 19.2. The van der Waals surface area contributed by atoms with Crippen LogP contribution in [0.5, 0.6) is 0 Å². The molecule has 0 atom stereocenters. The zero-order chi connectivity index (χ0) is 21.4. The SMILES string of the molecule is C=C/C(C/C(=C\C)c1cc(C=C)c(C=NCC2CCC2)s1)=C(C)/C=C(/C)C(C)=N. The Bertz CT molecular complexity index is 886. The molecule has 1 fully saturated rings. The molecule has 29 heavy (non-hydrogen) atoms. The Morgan fingerprint density at radius 1 is 1.28 bits per heavy atom. The van der Waals surface area contributed by atoms with Gasteiger partial charge >= 0.3 is 0 Å². The van der Waals surface area contributed by atoms with Gasteiger partial charge in [-0.2, -0.15) is 0 Å². The molecule has 3 heteroatoms. The number of thiophene rings is 1. The molecule has 0 bridgehead atoms. The molecule has 0 aliphatic heterocycles. The van der Waals surface area contributed by atoms with Crippen molar-refractivity contribution in [3.63, 3.8) is 0 Å². The van der Waals surface area contributed by atoms with Gasteiger partial charge in [-0.3, -0.25) is 4.99 Å².